The predicted molar refractivity (Wildman–Crippen MR) is 73.8 cm³/mol. The van der Waals surface area contributed by atoms with Gasteiger partial charge in [0.25, 0.3) is 0 Å². The van der Waals surface area contributed by atoms with Gasteiger partial charge in [-0.3, -0.25) is 4.79 Å². The highest BCUT2D eigenvalue weighted by molar-refractivity contribution is 5.74. The third kappa shape index (κ3) is 3.45. The lowest BCUT2D eigenvalue weighted by Gasteiger charge is -2.34. The highest BCUT2D eigenvalue weighted by atomic mass is 16.4. The lowest BCUT2D eigenvalue weighted by atomic mass is 9.82. The average molecular weight is 256 g/mol. The Morgan fingerprint density at radius 3 is 2.44 bits per heavy atom. The van der Waals surface area contributed by atoms with Crippen LogP contribution in [-0.2, 0) is 4.79 Å². The molecule has 18 heavy (non-hydrogen) atoms. The van der Waals surface area contributed by atoms with Gasteiger partial charge in [0.2, 0.25) is 0 Å². The molecule has 0 aromatic rings. The van der Waals surface area contributed by atoms with Gasteiger partial charge in [0.05, 0.1) is 5.41 Å². The van der Waals surface area contributed by atoms with E-state index in [0.29, 0.717) is 25.4 Å². The quantitative estimate of drug-likeness (QED) is 0.755. The molecule has 1 heterocycles. The zero-order valence-electron chi connectivity index (χ0n) is 12.3. The molecule has 0 radical (unpaired) electrons. The molecule has 1 rings (SSSR count). The average Bonchev–Trinajstić information content (AvgIpc) is 2.71. The molecule has 4 heteroatoms. The summed E-state index contributed by atoms with van der Waals surface area (Å²) in [6.07, 6.45) is 3.90. The van der Waals surface area contributed by atoms with E-state index < -0.39 is 11.4 Å². The fourth-order valence-electron chi connectivity index (χ4n) is 2.99. The Morgan fingerprint density at radius 2 is 2.06 bits per heavy atom. The minimum Gasteiger partial charge on any atom is -0.481 e. The third-order valence-electron chi connectivity index (χ3n) is 4.57. The van der Waals surface area contributed by atoms with Crippen molar-refractivity contribution in [3.05, 3.63) is 0 Å². The SMILES string of the molecule is CCC(CC)(CN(C)CC1CCCN1C)C(=O)O. The number of hydrogen-bond donors (Lipinski definition) is 1. The highest BCUT2D eigenvalue weighted by Gasteiger charge is 2.36. The number of hydrogen-bond acceptors (Lipinski definition) is 3. The molecule has 0 bridgehead atoms. The summed E-state index contributed by atoms with van der Waals surface area (Å²) in [5, 5.41) is 9.45. The van der Waals surface area contributed by atoms with Gasteiger partial charge in [-0.25, -0.2) is 0 Å². The summed E-state index contributed by atoms with van der Waals surface area (Å²) in [6.45, 7) is 6.76. The Labute approximate surface area is 111 Å². The van der Waals surface area contributed by atoms with Crippen LogP contribution in [0.15, 0.2) is 0 Å². The Bertz CT molecular complexity index is 277. The first-order valence-corrected chi connectivity index (χ1v) is 7.07. The lowest BCUT2D eigenvalue weighted by molar-refractivity contribution is -0.150. The molecule has 0 spiro atoms. The van der Waals surface area contributed by atoms with Gasteiger partial charge in [0.1, 0.15) is 0 Å². The monoisotopic (exact) mass is 256 g/mol. The third-order valence-corrected chi connectivity index (χ3v) is 4.57. The van der Waals surface area contributed by atoms with Gasteiger partial charge in [-0.1, -0.05) is 13.8 Å². The van der Waals surface area contributed by atoms with Crippen LogP contribution in [0, 0.1) is 5.41 Å². The van der Waals surface area contributed by atoms with Crippen molar-refractivity contribution in [2.45, 2.75) is 45.6 Å². The van der Waals surface area contributed by atoms with Gasteiger partial charge in [0, 0.05) is 19.1 Å². The molecule has 1 fully saturated rings. The second kappa shape index (κ2) is 6.53. The van der Waals surface area contributed by atoms with Crippen molar-refractivity contribution in [2.24, 2.45) is 5.41 Å². The molecule has 0 amide bonds. The van der Waals surface area contributed by atoms with Crippen LogP contribution in [0.5, 0.6) is 0 Å². The molecule has 0 aromatic carbocycles. The number of carbonyl (C=O) groups is 1. The van der Waals surface area contributed by atoms with E-state index in [2.05, 4.69) is 23.9 Å². The van der Waals surface area contributed by atoms with Crippen LogP contribution in [-0.4, -0.2) is 60.6 Å². The first-order chi connectivity index (χ1) is 8.45. The van der Waals surface area contributed by atoms with Crippen molar-refractivity contribution in [3.8, 4) is 0 Å². The predicted octanol–water partition coefficient (Wildman–Crippen LogP) is 1.90. The Hall–Kier alpha value is -0.610. The van der Waals surface area contributed by atoms with E-state index in [9.17, 15) is 9.90 Å². The van der Waals surface area contributed by atoms with Gasteiger partial charge < -0.3 is 14.9 Å². The van der Waals surface area contributed by atoms with Crippen molar-refractivity contribution in [1.29, 1.82) is 0 Å². The molecule has 1 saturated heterocycles. The van der Waals surface area contributed by atoms with Crippen molar-refractivity contribution in [2.75, 3.05) is 33.7 Å². The summed E-state index contributed by atoms with van der Waals surface area (Å²) in [4.78, 5) is 16.1. The number of aliphatic carboxylic acids is 1. The molecule has 4 nitrogen and oxygen atoms in total. The van der Waals surface area contributed by atoms with Gasteiger partial charge in [0.15, 0.2) is 0 Å². The van der Waals surface area contributed by atoms with E-state index in [1.807, 2.05) is 13.8 Å². The first-order valence-electron chi connectivity index (χ1n) is 7.07. The van der Waals surface area contributed by atoms with E-state index in [1.165, 1.54) is 19.4 Å². The number of nitrogens with zero attached hydrogens (tertiary/aromatic N) is 2. The number of carboxylic acid groups (broad SMARTS) is 1. The van der Waals surface area contributed by atoms with Crippen molar-refractivity contribution >= 4 is 5.97 Å². The first kappa shape index (κ1) is 15.4. The second-order valence-corrected chi connectivity index (χ2v) is 5.77. The fourth-order valence-corrected chi connectivity index (χ4v) is 2.99. The zero-order chi connectivity index (χ0) is 13.8. The fraction of sp³-hybridized carbons (Fsp3) is 0.929. The van der Waals surface area contributed by atoms with Gasteiger partial charge >= 0.3 is 5.97 Å². The molecular formula is C14H28N2O2. The Morgan fingerprint density at radius 1 is 1.44 bits per heavy atom. The Kier molecular flexibility index (Phi) is 5.60. The summed E-state index contributed by atoms with van der Waals surface area (Å²) >= 11 is 0. The molecule has 1 N–H and O–H groups in total. The summed E-state index contributed by atoms with van der Waals surface area (Å²) in [6, 6.07) is 0.593. The van der Waals surface area contributed by atoms with Crippen LogP contribution in [0.2, 0.25) is 0 Å². The number of rotatable bonds is 7. The normalized spacial score (nSPS) is 21.7. The maximum atomic E-state index is 11.5. The highest BCUT2D eigenvalue weighted by Crippen LogP contribution is 2.28. The van der Waals surface area contributed by atoms with Crippen LogP contribution >= 0.6 is 0 Å². The molecule has 0 aromatic heterocycles. The topological polar surface area (TPSA) is 43.8 Å². The molecule has 1 aliphatic rings. The second-order valence-electron chi connectivity index (χ2n) is 5.77. The summed E-state index contributed by atoms with van der Waals surface area (Å²) in [5.41, 5.74) is -0.577. The van der Waals surface area contributed by atoms with Gasteiger partial charge in [-0.05, 0) is 46.3 Å². The number of likely N-dealkylation sites (N-methyl/N-ethyl adjacent to an activating group) is 2. The van der Waals surface area contributed by atoms with Crippen LogP contribution in [0.3, 0.4) is 0 Å². The van der Waals surface area contributed by atoms with Crippen LogP contribution < -0.4 is 0 Å². The molecule has 1 aliphatic heterocycles. The van der Waals surface area contributed by atoms with Crippen LogP contribution in [0.25, 0.3) is 0 Å². The summed E-state index contributed by atoms with van der Waals surface area (Å²) in [5.74, 6) is -0.654. The standard InChI is InChI=1S/C14H28N2O2/c1-5-14(6-2,13(17)18)11-15(3)10-12-8-7-9-16(12)4/h12H,5-11H2,1-4H3,(H,17,18). The molecule has 0 saturated carbocycles. The van der Waals surface area contributed by atoms with Crippen molar-refractivity contribution in [1.82, 2.24) is 9.80 Å². The molecule has 1 atom stereocenters. The zero-order valence-corrected chi connectivity index (χ0v) is 12.3. The van der Waals surface area contributed by atoms with Gasteiger partial charge in [-0.15, -0.1) is 0 Å². The minimum absolute atomic E-state index is 0.577. The number of carboxylic acids is 1. The summed E-state index contributed by atoms with van der Waals surface area (Å²) < 4.78 is 0. The van der Waals surface area contributed by atoms with Crippen molar-refractivity contribution in [3.63, 3.8) is 0 Å². The minimum atomic E-state index is -0.654. The summed E-state index contributed by atoms with van der Waals surface area (Å²) in [7, 11) is 4.21. The van der Waals surface area contributed by atoms with Crippen molar-refractivity contribution < 1.29 is 9.90 Å². The van der Waals surface area contributed by atoms with Crippen LogP contribution in [0.4, 0.5) is 0 Å². The van der Waals surface area contributed by atoms with Gasteiger partial charge in [-0.2, -0.15) is 0 Å². The Balaban J connectivity index is 2.56. The maximum absolute atomic E-state index is 11.5. The van der Waals surface area contributed by atoms with Crippen LogP contribution in [0.1, 0.15) is 39.5 Å². The molecule has 106 valence electrons. The van der Waals surface area contributed by atoms with E-state index in [4.69, 9.17) is 0 Å². The van der Waals surface area contributed by atoms with E-state index >= 15 is 0 Å². The molecular weight excluding hydrogens is 228 g/mol. The maximum Gasteiger partial charge on any atom is 0.310 e. The van der Waals surface area contributed by atoms with E-state index in [0.717, 1.165) is 6.54 Å². The smallest absolute Gasteiger partial charge is 0.310 e. The lowest BCUT2D eigenvalue weighted by Crippen LogP contribution is -2.45. The molecule has 1 unspecified atom stereocenters. The number of likely N-dealkylation sites (tertiary alicyclic amines) is 1. The largest absolute Gasteiger partial charge is 0.481 e. The van der Waals surface area contributed by atoms with E-state index in [1.54, 1.807) is 0 Å². The van der Waals surface area contributed by atoms with E-state index in [-0.39, 0.29) is 0 Å². The molecule has 0 aliphatic carbocycles.